The average Bonchev–Trinajstić information content (AvgIpc) is 3.31. The van der Waals surface area contributed by atoms with E-state index in [9.17, 15) is 45.6 Å². The molecule has 2 rings (SSSR count). The highest BCUT2D eigenvalue weighted by Gasteiger charge is 2.51. The maximum Gasteiger partial charge on any atom is 0.220 e. The molecular formula is C52H101NO13. The van der Waals surface area contributed by atoms with Crippen LogP contribution in [-0.4, -0.2) is 140 Å². The number of hydrogen-bond donors (Lipinski definition) is 9. The third kappa shape index (κ3) is 26.3. The summed E-state index contributed by atoms with van der Waals surface area (Å²) >= 11 is 0. The molecule has 2 heterocycles. The maximum absolute atomic E-state index is 13.2. The van der Waals surface area contributed by atoms with Gasteiger partial charge in [0.15, 0.2) is 12.6 Å². The third-order valence-corrected chi connectivity index (χ3v) is 13.8. The summed E-state index contributed by atoms with van der Waals surface area (Å²) in [6, 6.07) is -0.821. The molecule has 0 aromatic heterocycles. The minimum atomic E-state index is -1.78. The van der Waals surface area contributed by atoms with Crippen LogP contribution in [0.15, 0.2) is 0 Å². The number of nitrogens with one attached hydrogen (secondary N) is 1. The maximum atomic E-state index is 13.2. The van der Waals surface area contributed by atoms with Crippen LogP contribution in [0.1, 0.15) is 232 Å². The van der Waals surface area contributed by atoms with Crippen LogP contribution < -0.4 is 5.32 Å². The first-order valence-corrected chi connectivity index (χ1v) is 27.3. The van der Waals surface area contributed by atoms with Gasteiger partial charge in [-0.3, -0.25) is 4.79 Å². The van der Waals surface area contributed by atoms with Crippen molar-refractivity contribution >= 4 is 5.91 Å². The van der Waals surface area contributed by atoms with Crippen molar-refractivity contribution in [2.75, 3.05) is 19.8 Å². The van der Waals surface area contributed by atoms with E-state index in [1.54, 1.807) is 0 Å². The van der Waals surface area contributed by atoms with Crippen LogP contribution >= 0.6 is 0 Å². The molecule has 0 saturated carbocycles. The zero-order chi connectivity index (χ0) is 48.2. The van der Waals surface area contributed by atoms with Crippen molar-refractivity contribution in [3.05, 3.63) is 0 Å². The van der Waals surface area contributed by atoms with Crippen molar-refractivity contribution in [3.8, 4) is 0 Å². The van der Waals surface area contributed by atoms with Crippen LogP contribution in [0.3, 0.4) is 0 Å². The molecule has 12 atom stereocenters. The molecular weight excluding hydrogens is 847 g/mol. The molecule has 0 aromatic carbocycles. The number of aliphatic hydroxyl groups excluding tert-OH is 8. The van der Waals surface area contributed by atoms with Gasteiger partial charge in [0.1, 0.15) is 48.8 Å². The fraction of sp³-hybridized carbons (Fsp3) is 0.981. The second-order valence-electron chi connectivity index (χ2n) is 19.7. The number of carbonyl (C=O) groups is 1. The number of rotatable bonds is 43. The largest absolute Gasteiger partial charge is 0.394 e. The molecule has 392 valence electrons. The van der Waals surface area contributed by atoms with Crippen LogP contribution in [0, 0.1) is 0 Å². The van der Waals surface area contributed by atoms with Crippen molar-refractivity contribution in [2.45, 2.75) is 306 Å². The lowest BCUT2D eigenvalue weighted by molar-refractivity contribution is -0.359. The second-order valence-corrected chi connectivity index (χ2v) is 19.7. The molecule has 2 aliphatic rings. The first-order valence-electron chi connectivity index (χ1n) is 27.3. The Morgan fingerprint density at radius 3 is 1.29 bits per heavy atom. The topological polar surface area (TPSA) is 228 Å². The predicted octanol–water partition coefficient (Wildman–Crippen LogP) is 7.78. The monoisotopic (exact) mass is 948 g/mol. The van der Waals surface area contributed by atoms with Crippen molar-refractivity contribution in [1.82, 2.24) is 5.32 Å². The molecule has 0 bridgehead atoms. The van der Waals surface area contributed by atoms with Crippen molar-refractivity contribution in [3.63, 3.8) is 0 Å². The average molecular weight is 948 g/mol. The van der Waals surface area contributed by atoms with Crippen molar-refractivity contribution < 1.29 is 64.6 Å². The summed E-state index contributed by atoms with van der Waals surface area (Å²) in [5, 5.41) is 87.0. The summed E-state index contributed by atoms with van der Waals surface area (Å²) < 4.78 is 22.8. The van der Waals surface area contributed by atoms with Gasteiger partial charge in [-0.25, -0.2) is 0 Å². The minimum absolute atomic E-state index is 0.204. The number of hydrogen-bond acceptors (Lipinski definition) is 13. The van der Waals surface area contributed by atoms with Gasteiger partial charge in [-0.2, -0.15) is 0 Å². The zero-order valence-corrected chi connectivity index (χ0v) is 41.7. The van der Waals surface area contributed by atoms with Crippen LogP contribution in [0.25, 0.3) is 0 Å². The minimum Gasteiger partial charge on any atom is -0.394 e. The van der Waals surface area contributed by atoms with E-state index in [0.717, 1.165) is 51.4 Å². The molecule has 2 aliphatic heterocycles. The number of unbranched alkanes of at least 4 members (excludes halogenated alkanes) is 30. The van der Waals surface area contributed by atoms with Crippen LogP contribution in [0.4, 0.5) is 0 Å². The van der Waals surface area contributed by atoms with Crippen LogP contribution in [-0.2, 0) is 23.7 Å². The zero-order valence-electron chi connectivity index (χ0n) is 41.7. The Balaban J connectivity index is 1.78. The lowest BCUT2D eigenvalue weighted by atomic mass is 9.97. The Labute approximate surface area is 400 Å². The van der Waals surface area contributed by atoms with Gasteiger partial charge < -0.3 is 65.1 Å². The Bertz CT molecular complexity index is 1120. The van der Waals surface area contributed by atoms with Gasteiger partial charge in [0, 0.05) is 6.42 Å². The number of aliphatic hydroxyl groups is 8. The van der Waals surface area contributed by atoms with Crippen LogP contribution in [0.5, 0.6) is 0 Å². The molecule has 66 heavy (non-hydrogen) atoms. The first-order chi connectivity index (χ1) is 32.1. The van der Waals surface area contributed by atoms with E-state index < -0.39 is 86.8 Å². The Hall–Kier alpha value is -1.01. The molecule has 0 radical (unpaired) electrons. The highest BCUT2D eigenvalue weighted by Crippen LogP contribution is 2.30. The molecule has 9 N–H and O–H groups in total. The number of amides is 1. The van der Waals surface area contributed by atoms with Gasteiger partial charge in [-0.05, 0) is 12.8 Å². The Morgan fingerprint density at radius 1 is 0.485 bits per heavy atom. The normalized spacial score (nSPS) is 26.7. The smallest absolute Gasteiger partial charge is 0.220 e. The van der Waals surface area contributed by atoms with Gasteiger partial charge in [0.2, 0.25) is 5.91 Å². The molecule has 0 spiro atoms. The van der Waals surface area contributed by atoms with E-state index in [2.05, 4.69) is 19.2 Å². The summed E-state index contributed by atoms with van der Waals surface area (Å²) in [5.74, 6) is -0.204. The van der Waals surface area contributed by atoms with Gasteiger partial charge in [0.05, 0.1) is 32.0 Å². The molecule has 12 unspecified atom stereocenters. The van der Waals surface area contributed by atoms with Gasteiger partial charge in [0.25, 0.3) is 0 Å². The quantitative estimate of drug-likeness (QED) is 0.0267. The molecule has 14 heteroatoms. The molecule has 1 amide bonds. The first kappa shape index (κ1) is 61.1. The molecule has 0 aliphatic carbocycles. The van der Waals surface area contributed by atoms with E-state index in [4.69, 9.17) is 18.9 Å². The number of ether oxygens (including phenoxy) is 4. The van der Waals surface area contributed by atoms with E-state index >= 15 is 0 Å². The van der Waals surface area contributed by atoms with E-state index in [1.807, 2.05) is 0 Å². The molecule has 0 aromatic rings. The summed E-state index contributed by atoms with van der Waals surface area (Å²) in [4.78, 5) is 13.2. The predicted molar refractivity (Wildman–Crippen MR) is 259 cm³/mol. The Morgan fingerprint density at radius 2 is 0.864 bits per heavy atom. The van der Waals surface area contributed by atoms with Crippen LogP contribution in [0.2, 0.25) is 0 Å². The second kappa shape index (κ2) is 39.7. The molecule has 14 nitrogen and oxygen atoms in total. The van der Waals surface area contributed by atoms with E-state index in [-0.39, 0.29) is 12.5 Å². The lowest BCUT2D eigenvalue weighted by Gasteiger charge is -2.46. The Kier molecular flexibility index (Phi) is 36.7. The third-order valence-electron chi connectivity index (χ3n) is 13.8. The summed E-state index contributed by atoms with van der Waals surface area (Å²) in [6.45, 7) is 2.87. The van der Waals surface area contributed by atoms with Crippen molar-refractivity contribution in [1.29, 1.82) is 0 Å². The lowest BCUT2D eigenvalue weighted by Crippen LogP contribution is -2.65. The number of carbonyl (C=O) groups excluding carboxylic acids is 1. The summed E-state index contributed by atoms with van der Waals surface area (Å²) in [7, 11) is 0. The molecule has 2 fully saturated rings. The standard InChI is InChI=1S/C52H101NO13/c1-3-5-7-9-11-13-15-17-18-19-20-21-22-23-24-25-27-29-31-33-35-41(56)40(53-44(57)36-34-32-30-28-26-16-14-12-10-8-6-4-2)39-63-51-49(62)47(60)50(43(38-55)65-51)66-52-48(61)46(59)45(58)42(37-54)64-52/h40-43,45-52,54-56,58-62H,3-39H2,1-2H3,(H,53,57). The van der Waals surface area contributed by atoms with Gasteiger partial charge in [-0.15, -0.1) is 0 Å². The van der Waals surface area contributed by atoms with E-state index in [0.29, 0.717) is 12.8 Å². The molecule has 2 saturated heterocycles. The van der Waals surface area contributed by atoms with E-state index in [1.165, 1.54) is 154 Å². The highest BCUT2D eigenvalue weighted by atomic mass is 16.7. The SMILES string of the molecule is CCCCCCCCCCCCCCCCCCCCCCC(O)C(COC1OC(CO)C(OC2OC(CO)C(O)C(O)C2O)C(O)C1O)NC(=O)CCCCCCCCCCCCCC. The highest BCUT2D eigenvalue weighted by molar-refractivity contribution is 5.76. The van der Waals surface area contributed by atoms with Crippen molar-refractivity contribution in [2.24, 2.45) is 0 Å². The van der Waals surface area contributed by atoms with Gasteiger partial charge in [-0.1, -0.05) is 213 Å². The fourth-order valence-electron chi connectivity index (χ4n) is 9.36. The fourth-order valence-corrected chi connectivity index (χ4v) is 9.36. The summed E-state index contributed by atoms with van der Waals surface area (Å²) in [6.07, 6.45) is 23.9. The van der Waals surface area contributed by atoms with Gasteiger partial charge >= 0.3 is 0 Å². The summed E-state index contributed by atoms with van der Waals surface area (Å²) in [5.41, 5.74) is 0.